The van der Waals surface area contributed by atoms with Crippen molar-refractivity contribution in [1.29, 1.82) is 0 Å². The number of rotatable bonds is 3. The van der Waals surface area contributed by atoms with Crippen molar-refractivity contribution in [2.24, 2.45) is 0 Å². The molecule has 0 aliphatic carbocycles. The molecule has 0 fully saturated rings. The lowest BCUT2D eigenvalue weighted by atomic mass is 9.98. The molecule has 0 spiro atoms. The summed E-state index contributed by atoms with van der Waals surface area (Å²) in [5.41, 5.74) is 1.05. The quantitative estimate of drug-likeness (QED) is 0.626. The van der Waals surface area contributed by atoms with Gasteiger partial charge < -0.3 is 9.47 Å². The number of hydrogen-bond donors (Lipinski definition) is 0. The Morgan fingerprint density at radius 2 is 2.08 bits per heavy atom. The van der Waals surface area contributed by atoms with E-state index in [2.05, 4.69) is 33.4 Å². The second-order valence-electron chi connectivity index (χ2n) is 5.87. The summed E-state index contributed by atoms with van der Waals surface area (Å²) in [6.45, 7) is 0.733. The third-order valence-electron chi connectivity index (χ3n) is 4.35. The van der Waals surface area contributed by atoms with Crippen molar-refractivity contribution in [3.05, 3.63) is 77.4 Å². The van der Waals surface area contributed by atoms with Crippen LogP contribution in [-0.4, -0.2) is 21.9 Å². The molecule has 0 saturated carbocycles. The molecular weight excluding hydrogens is 420 g/mol. The summed E-state index contributed by atoms with van der Waals surface area (Å²) in [4.78, 5) is 29.5. The molecule has 0 saturated heterocycles. The van der Waals surface area contributed by atoms with Crippen LogP contribution in [0.15, 0.2) is 56.6 Å². The van der Waals surface area contributed by atoms with Crippen LogP contribution in [0.3, 0.4) is 0 Å². The Labute approximate surface area is 161 Å². The Balaban J connectivity index is 1.67. The van der Waals surface area contributed by atoms with E-state index < -0.39 is 0 Å². The second kappa shape index (κ2) is 6.90. The third-order valence-corrected chi connectivity index (χ3v) is 6.74. The average Bonchev–Trinajstić information content (AvgIpc) is 3.28. The monoisotopic (exact) mass is 434 g/mol. The van der Waals surface area contributed by atoms with Gasteiger partial charge in [-0.05, 0) is 56.9 Å². The van der Waals surface area contributed by atoms with Crippen LogP contribution in [-0.2, 0) is 17.8 Å². The van der Waals surface area contributed by atoms with E-state index in [0.717, 1.165) is 15.8 Å². The summed E-state index contributed by atoms with van der Waals surface area (Å²) in [5.74, 6) is -0.0320. The number of hydrogen-bond acceptors (Lipinski definition) is 4. The summed E-state index contributed by atoms with van der Waals surface area (Å²) in [6.07, 6.45) is 2.54. The van der Waals surface area contributed by atoms with Gasteiger partial charge in [-0.3, -0.25) is 9.59 Å². The van der Waals surface area contributed by atoms with Crippen molar-refractivity contribution < 1.29 is 4.79 Å². The number of fused-ring (bicyclic) bond motifs is 1. The molecule has 3 aromatic rings. The molecule has 4 nitrogen and oxygen atoms in total. The van der Waals surface area contributed by atoms with Crippen molar-refractivity contribution in [3.63, 3.8) is 0 Å². The van der Waals surface area contributed by atoms with Crippen molar-refractivity contribution in [1.82, 2.24) is 9.47 Å². The molecule has 1 atom stereocenters. The lowest BCUT2D eigenvalue weighted by molar-refractivity contribution is -0.133. The van der Waals surface area contributed by atoms with Crippen LogP contribution in [0.1, 0.15) is 21.4 Å². The summed E-state index contributed by atoms with van der Waals surface area (Å²) >= 11 is 6.78. The molecule has 0 bridgehead atoms. The van der Waals surface area contributed by atoms with Gasteiger partial charge in [0.1, 0.15) is 6.54 Å². The number of carbonyl (C=O) groups is 1. The maximum atomic E-state index is 13.0. The minimum Gasteiger partial charge on any atom is -0.329 e. The normalized spacial score (nSPS) is 16.7. The number of aromatic nitrogens is 1. The van der Waals surface area contributed by atoms with E-state index in [1.807, 2.05) is 16.3 Å². The maximum absolute atomic E-state index is 13.0. The highest BCUT2D eigenvalue weighted by atomic mass is 79.9. The number of carbonyl (C=O) groups excluding carboxylic acids is 1. The molecule has 1 aliphatic rings. The highest BCUT2D eigenvalue weighted by Crippen LogP contribution is 2.39. The maximum Gasteiger partial charge on any atom is 0.251 e. The molecule has 25 heavy (non-hydrogen) atoms. The number of nitrogens with zero attached hydrogens (tertiary/aromatic N) is 2. The number of thiophene rings is 2. The molecule has 3 aromatic heterocycles. The van der Waals surface area contributed by atoms with Gasteiger partial charge in [0.2, 0.25) is 5.91 Å². The first-order chi connectivity index (χ1) is 12.1. The molecular formula is C18H15BrN2O2S2. The van der Waals surface area contributed by atoms with Crippen LogP contribution in [0, 0.1) is 0 Å². The Bertz CT molecular complexity index is 962. The molecule has 1 amide bonds. The first kappa shape index (κ1) is 16.8. The van der Waals surface area contributed by atoms with Crippen molar-refractivity contribution in [2.75, 3.05) is 6.54 Å². The molecule has 0 aromatic carbocycles. The molecule has 4 heterocycles. The zero-order valence-electron chi connectivity index (χ0n) is 13.2. The van der Waals surface area contributed by atoms with Gasteiger partial charge >= 0.3 is 0 Å². The second-order valence-corrected chi connectivity index (χ2v) is 8.76. The molecule has 1 aliphatic heterocycles. The van der Waals surface area contributed by atoms with Gasteiger partial charge in [0.25, 0.3) is 5.56 Å². The predicted octanol–water partition coefficient (Wildman–Crippen LogP) is 3.91. The largest absolute Gasteiger partial charge is 0.329 e. The molecule has 128 valence electrons. The predicted molar refractivity (Wildman–Crippen MR) is 104 cm³/mol. The van der Waals surface area contributed by atoms with Gasteiger partial charge in [-0.15, -0.1) is 22.7 Å². The number of halogens is 1. The number of pyridine rings is 1. The zero-order chi connectivity index (χ0) is 17.4. The Kier molecular flexibility index (Phi) is 4.62. The summed E-state index contributed by atoms with van der Waals surface area (Å²) in [7, 11) is 0. The van der Waals surface area contributed by atoms with E-state index in [1.165, 1.54) is 21.1 Å². The van der Waals surface area contributed by atoms with Crippen LogP contribution < -0.4 is 5.56 Å². The van der Waals surface area contributed by atoms with Crippen LogP contribution in [0.25, 0.3) is 0 Å². The molecule has 4 rings (SSSR count). The minimum absolute atomic E-state index is 0.0320. The Morgan fingerprint density at radius 3 is 2.88 bits per heavy atom. The van der Waals surface area contributed by atoms with Crippen LogP contribution in [0.4, 0.5) is 0 Å². The van der Waals surface area contributed by atoms with Gasteiger partial charge in [-0.1, -0.05) is 6.07 Å². The summed E-state index contributed by atoms with van der Waals surface area (Å²) in [5, 5.41) is 4.13. The van der Waals surface area contributed by atoms with E-state index in [-0.39, 0.29) is 24.1 Å². The van der Waals surface area contributed by atoms with Gasteiger partial charge in [0.15, 0.2) is 0 Å². The summed E-state index contributed by atoms with van der Waals surface area (Å²) in [6, 6.07) is 9.33. The topological polar surface area (TPSA) is 42.3 Å². The van der Waals surface area contributed by atoms with Crippen LogP contribution in [0.5, 0.6) is 0 Å². The molecule has 0 radical (unpaired) electrons. The molecule has 1 unspecified atom stereocenters. The van der Waals surface area contributed by atoms with Crippen molar-refractivity contribution >= 4 is 44.5 Å². The fourth-order valence-electron chi connectivity index (χ4n) is 3.20. The first-order valence-electron chi connectivity index (χ1n) is 7.88. The zero-order valence-corrected chi connectivity index (χ0v) is 16.4. The van der Waals surface area contributed by atoms with Crippen molar-refractivity contribution in [3.8, 4) is 0 Å². The third kappa shape index (κ3) is 3.23. The van der Waals surface area contributed by atoms with Gasteiger partial charge in [0.05, 0.1) is 6.04 Å². The highest BCUT2D eigenvalue weighted by molar-refractivity contribution is 9.10. The summed E-state index contributed by atoms with van der Waals surface area (Å²) < 4.78 is 2.24. The average molecular weight is 435 g/mol. The number of amides is 1. The van der Waals surface area contributed by atoms with E-state index in [0.29, 0.717) is 6.54 Å². The van der Waals surface area contributed by atoms with Crippen molar-refractivity contribution in [2.45, 2.75) is 19.0 Å². The highest BCUT2D eigenvalue weighted by Gasteiger charge is 2.33. The standard InChI is InChI=1S/C18H15BrN2O2S2/c19-12-3-4-16(22)20(10-12)11-17(23)21-7-5-14-13(6-9-25-14)18(21)15-2-1-8-24-15/h1-4,6,8-10,18H,5,7,11H2. The van der Waals surface area contributed by atoms with Gasteiger partial charge in [-0.2, -0.15) is 0 Å². The fourth-order valence-corrected chi connectivity index (χ4v) is 5.34. The van der Waals surface area contributed by atoms with E-state index in [1.54, 1.807) is 34.9 Å². The fraction of sp³-hybridized carbons (Fsp3) is 0.222. The molecule has 0 N–H and O–H groups in total. The Morgan fingerprint density at radius 1 is 1.20 bits per heavy atom. The minimum atomic E-state index is -0.169. The SMILES string of the molecule is O=C(Cn1cc(Br)ccc1=O)N1CCc2sccc2C1c1cccs1. The van der Waals surface area contributed by atoms with E-state index in [4.69, 9.17) is 0 Å². The van der Waals surface area contributed by atoms with Crippen LogP contribution >= 0.6 is 38.6 Å². The van der Waals surface area contributed by atoms with Gasteiger partial charge in [-0.25, -0.2) is 0 Å². The first-order valence-corrected chi connectivity index (χ1v) is 10.4. The van der Waals surface area contributed by atoms with Crippen LogP contribution in [0.2, 0.25) is 0 Å². The smallest absolute Gasteiger partial charge is 0.251 e. The molecule has 7 heteroatoms. The van der Waals surface area contributed by atoms with E-state index >= 15 is 0 Å². The Hall–Kier alpha value is -1.70. The van der Waals surface area contributed by atoms with E-state index in [9.17, 15) is 9.59 Å². The lowest BCUT2D eigenvalue weighted by Crippen LogP contribution is -2.42. The lowest BCUT2D eigenvalue weighted by Gasteiger charge is -2.35. The van der Waals surface area contributed by atoms with Gasteiger partial charge in [0, 0.05) is 33.0 Å².